The highest BCUT2D eigenvalue weighted by Crippen LogP contribution is 2.33. The average molecular weight is 527 g/mol. The molecule has 0 N–H and O–H groups in total. The van der Waals surface area contributed by atoms with Crippen LogP contribution in [0.2, 0.25) is 0 Å². The molecule has 0 saturated heterocycles. The summed E-state index contributed by atoms with van der Waals surface area (Å²) in [4.78, 5) is 0. The van der Waals surface area contributed by atoms with Crippen LogP contribution >= 0.6 is 0 Å². The maximum atomic E-state index is 5.31. The number of hydrogen-bond acceptors (Lipinski definition) is 2. The molecule has 6 aromatic carbocycles. The Balaban J connectivity index is 0.000000174. The predicted octanol–water partition coefficient (Wildman–Crippen LogP) is 10.7. The first-order valence-corrected chi connectivity index (χ1v) is 13.8. The lowest BCUT2D eigenvalue weighted by Gasteiger charge is -2.10. The van der Waals surface area contributed by atoms with Crippen LogP contribution < -0.4 is 9.47 Å². The fourth-order valence-electron chi connectivity index (χ4n) is 4.96. The number of ether oxygens (including phenoxy) is 2. The molecule has 2 nitrogen and oxygen atoms in total. The van der Waals surface area contributed by atoms with Gasteiger partial charge >= 0.3 is 0 Å². The molecule has 0 saturated carbocycles. The van der Waals surface area contributed by atoms with Crippen LogP contribution in [-0.4, -0.2) is 14.2 Å². The molecule has 202 valence electrons. The summed E-state index contributed by atoms with van der Waals surface area (Å²) >= 11 is 0. The van der Waals surface area contributed by atoms with Crippen LogP contribution in [0.15, 0.2) is 121 Å². The van der Waals surface area contributed by atoms with Gasteiger partial charge in [0.1, 0.15) is 11.5 Å². The number of methoxy groups -OCH3 is 2. The molecule has 0 aromatic heterocycles. The van der Waals surface area contributed by atoms with Gasteiger partial charge in [-0.3, -0.25) is 0 Å². The summed E-state index contributed by atoms with van der Waals surface area (Å²) < 4.78 is 10.5. The monoisotopic (exact) mass is 526 g/mol. The molecule has 0 aliphatic carbocycles. The minimum Gasteiger partial charge on any atom is -0.497 e. The quantitative estimate of drug-likeness (QED) is 0.227. The summed E-state index contributed by atoms with van der Waals surface area (Å²) in [5.74, 6) is 1.78. The Labute approximate surface area is 238 Å². The maximum Gasteiger partial charge on any atom is 0.119 e. The molecule has 0 spiro atoms. The molecule has 0 aliphatic heterocycles. The zero-order chi connectivity index (χ0) is 28.5. The first-order chi connectivity index (χ1) is 19.6. The molecule has 6 rings (SSSR count). The van der Waals surface area contributed by atoms with Crippen LogP contribution in [-0.2, 0) is 0 Å². The molecule has 0 atom stereocenters. The zero-order valence-corrected chi connectivity index (χ0v) is 24.4. The minimum absolute atomic E-state index is 0.889. The third-order valence-electron chi connectivity index (χ3n) is 7.07. The van der Waals surface area contributed by atoms with Crippen molar-refractivity contribution in [3.05, 3.63) is 132 Å². The number of fused-ring (bicyclic) bond motifs is 2. The Kier molecular flexibility index (Phi) is 9.59. The Bertz CT molecular complexity index is 1700. The highest BCUT2D eigenvalue weighted by molar-refractivity contribution is 5.99. The van der Waals surface area contributed by atoms with E-state index in [1.807, 2.05) is 38.1 Å². The van der Waals surface area contributed by atoms with Gasteiger partial charge in [0.05, 0.1) is 14.2 Å². The van der Waals surface area contributed by atoms with Crippen molar-refractivity contribution < 1.29 is 9.47 Å². The first kappa shape index (κ1) is 28.4. The molecule has 0 fully saturated rings. The molecule has 0 amide bonds. The van der Waals surface area contributed by atoms with Gasteiger partial charge < -0.3 is 9.47 Å². The lowest BCUT2D eigenvalue weighted by Crippen LogP contribution is -1.86. The van der Waals surface area contributed by atoms with Gasteiger partial charge in [-0.1, -0.05) is 111 Å². The summed E-state index contributed by atoms with van der Waals surface area (Å²) in [5, 5.41) is 5.21. The third-order valence-corrected chi connectivity index (χ3v) is 7.07. The molecule has 0 radical (unpaired) electrons. The fraction of sp³-hybridized carbons (Fsp3) is 0.158. The molecular formula is C38H38O2. The number of hydrogen-bond donors (Lipinski definition) is 0. The van der Waals surface area contributed by atoms with E-state index < -0.39 is 0 Å². The standard InChI is InChI=1S/2C18H16O.C2H6/c1-13-10-11-17(18-9-4-3-8-16(13)18)14-6-5-7-15(12-14)19-2;1-13-7-12-17(18-6-4-3-5-16(13)18)14-8-10-15(19-2)11-9-14;1-2/h2*3-12H,1-2H3;1-2H3. The summed E-state index contributed by atoms with van der Waals surface area (Å²) in [6, 6.07) is 42.2. The van der Waals surface area contributed by atoms with Gasteiger partial charge in [-0.05, 0) is 93.0 Å². The number of rotatable bonds is 4. The van der Waals surface area contributed by atoms with Crippen LogP contribution in [0.1, 0.15) is 25.0 Å². The number of benzene rings is 6. The van der Waals surface area contributed by atoms with Crippen LogP contribution in [0.5, 0.6) is 11.5 Å². The van der Waals surface area contributed by atoms with Crippen LogP contribution in [0.4, 0.5) is 0 Å². The van der Waals surface area contributed by atoms with Crippen molar-refractivity contribution in [2.24, 2.45) is 0 Å². The van der Waals surface area contributed by atoms with E-state index in [2.05, 4.69) is 111 Å². The summed E-state index contributed by atoms with van der Waals surface area (Å²) in [6.07, 6.45) is 0. The average Bonchev–Trinajstić information content (AvgIpc) is 3.03. The largest absolute Gasteiger partial charge is 0.497 e. The van der Waals surface area contributed by atoms with Gasteiger partial charge in [0.15, 0.2) is 0 Å². The van der Waals surface area contributed by atoms with E-state index in [9.17, 15) is 0 Å². The van der Waals surface area contributed by atoms with Crippen molar-refractivity contribution >= 4 is 21.5 Å². The van der Waals surface area contributed by atoms with Crippen LogP contribution in [0.25, 0.3) is 43.8 Å². The first-order valence-electron chi connectivity index (χ1n) is 13.8. The summed E-state index contributed by atoms with van der Waals surface area (Å²) in [7, 11) is 3.39. The molecule has 0 unspecified atom stereocenters. The molecule has 40 heavy (non-hydrogen) atoms. The Hall–Kier alpha value is -4.56. The van der Waals surface area contributed by atoms with Gasteiger partial charge in [-0.25, -0.2) is 0 Å². The summed E-state index contributed by atoms with van der Waals surface area (Å²) in [6.45, 7) is 8.30. The Morgan fingerprint density at radius 3 is 1.38 bits per heavy atom. The van der Waals surface area contributed by atoms with E-state index in [4.69, 9.17) is 9.47 Å². The molecule has 6 aromatic rings. The normalized spacial score (nSPS) is 10.2. The highest BCUT2D eigenvalue weighted by atomic mass is 16.5. The van der Waals surface area contributed by atoms with E-state index in [1.54, 1.807) is 14.2 Å². The number of aryl methyl sites for hydroxylation is 2. The SMILES string of the molecule is CC.COc1ccc(-c2ccc(C)c3ccccc23)cc1.COc1cccc(-c2ccc(C)c3ccccc23)c1. The van der Waals surface area contributed by atoms with Crippen LogP contribution in [0.3, 0.4) is 0 Å². The van der Waals surface area contributed by atoms with Crippen LogP contribution in [0, 0.1) is 13.8 Å². The van der Waals surface area contributed by atoms with Crippen molar-refractivity contribution in [2.45, 2.75) is 27.7 Å². The van der Waals surface area contributed by atoms with E-state index in [0.717, 1.165) is 11.5 Å². The van der Waals surface area contributed by atoms with Crippen molar-refractivity contribution in [1.82, 2.24) is 0 Å². The molecule has 0 heterocycles. The molecule has 2 heteroatoms. The van der Waals surface area contributed by atoms with Gasteiger partial charge in [0.25, 0.3) is 0 Å². The highest BCUT2D eigenvalue weighted by Gasteiger charge is 2.07. The fourth-order valence-corrected chi connectivity index (χ4v) is 4.96. The van der Waals surface area contributed by atoms with Gasteiger partial charge in [-0.15, -0.1) is 0 Å². The second-order valence-electron chi connectivity index (χ2n) is 9.41. The lowest BCUT2D eigenvalue weighted by molar-refractivity contribution is 0.415. The van der Waals surface area contributed by atoms with Crippen molar-refractivity contribution in [2.75, 3.05) is 14.2 Å². The predicted molar refractivity (Wildman–Crippen MR) is 173 cm³/mol. The Morgan fingerprint density at radius 1 is 0.400 bits per heavy atom. The van der Waals surface area contributed by atoms with Crippen molar-refractivity contribution in [1.29, 1.82) is 0 Å². The van der Waals surface area contributed by atoms with Gasteiger partial charge in [0.2, 0.25) is 0 Å². The molecule has 0 aliphatic rings. The van der Waals surface area contributed by atoms with E-state index >= 15 is 0 Å². The van der Waals surface area contributed by atoms with Crippen molar-refractivity contribution in [3.63, 3.8) is 0 Å². The molecule has 0 bridgehead atoms. The van der Waals surface area contributed by atoms with Gasteiger partial charge in [-0.2, -0.15) is 0 Å². The van der Waals surface area contributed by atoms with Gasteiger partial charge in [0, 0.05) is 0 Å². The van der Waals surface area contributed by atoms with Crippen molar-refractivity contribution in [3.8, 4) is 33.8 Å². The maximum absolute atomic E-state index is 5.31. The Morgan fingerprint density at radius 2 is 0.875 bits per heavy atom. The van der Waals surface area contributed by atoms with E-state index in [1.165, 1.54) is 54.9 Å². The van der Waals surface area contributed by atoms with E-state index in [-0.39, 0.29) is 0 Å². The molecular weight excluding hydrogens is 488 g/mol. The zero-order valence-electron chi connectivity index (χ0n) is 24.4. The second kappa shape index (κ2) is 13.5. The third kappa shape index (κ3) is 6.18. The lowest BCUT2D eigenvalue weighted by atomic mass is 9.95. The minimum atomic E-state index is 0.889. The van der Waals surface area contributed by atoms with E-state index in [0.29, 0.717) is 0 Å². The topological polar surface area (TPSA) is 18.5 Å². The second-order valence-corrected chi connectivity index (χ2v) is 9.41. The summed E-state index contributed by atoms with van der Waals surface area (Å²) in [5.41, 5.74) is 7.55. The smallest absolute Gasteiger partial charge is 0.119 e.